The summed E-state index contributed by atoms with van der Waals surface area (Å²) in [5, 5.41) is 0. The van der Waals surface area contributed by atoms with Gasteiger partial charge in [0.15, 0.2) is 5.41 Å². The molecule has 28 heavy (non-hydrogen) atoms. The van der Waals surface area contributed by atoms with E-state index in [1.165, 1.54) is 24.7 Å². The van der Waals surface area contributed by atoms with Gasteiger partial charge in [0.05, 0.1) is 14.2 Å². The van der Waals surface area contributed by atoms with Crippen LogP contribution in [0.2, 0.25) is 0 Å². The van der Waals surface area contributed by atoms with E-state index in [2.05, 4.69) is 24.3 Å². The number of rotatable bonds is 7. The normalized spacial score (nSPS) is 20.5. The number of carbonyl (C=O) groups excluding carboxylic acids is 2. The number of esters is 2. The van der Waals surface area contributed by atoms with Crippen LogP contribution in [-0.4, -0.2) is 31.9 Å². The molecule has 4 nitrogen and oxygen atoms in total. The Labute approximate surface area is 170 Å². The molecular weight excluding hydrogens is 372 g/mol. The summed E-state index contributed by atoms with van der Waals surface area (Å²) in [5.41, 5.74) is 0.0120. The number of methoxy groups -OCH3 is 2. The molecule has 3 rings (SSSR count). The maximum absolute atomic E-state index is 12.6. The topological polar surface area (TPSA) is 52.6 Å². The summed E-state index contributed by atoms with van der Waals surface area (Å²) in [4.78, 5) is 26.4. The molecule has 0 heterocycles. The lowest BCUT2D eigenvalue weighted by molar-refractivity contribution is -0.169. The van der Waals surface area contributed by atoms with Crippen LogP contribution in [0.25, 0.3) is 0 Å². The highest BCUT2D eigenvalue weighted by Crippen LogP contribution is 2.50. The Bertz CT molecular complexity index is 775. The standard InChI is InChI=1S/C23H26O4S/c1-26-21(24)23(22(25)27-2)14-18(13-17-9-5-3-6-10-17)19(15-23)16-28-20-11-7-4-8-12-20/h3-12,18-19H,13-16H2,1-2H3. The summed E-state index contributed by atoms with van der Waals surface area (Å²) in [5.74, 6) is 0.298. The van der Waals surface area contributed by atoms with Crippen molar-refractivity contribution in [3.63, 3.8) is 0 Å². The number of ether oxygens (including phenoxy) is 2. The van der Waals surface area contributed by atoms with E-state index < -0.39 is 17.4 Å². The SMILES string of the molecule is COC(=O)C1(C(=O)OC)CC(CSc2ccccc2)C(Cc2ccccc2)C1. The minimum absolute atomic E-state index is 0.205. The number of benzene rings is 2. The highest BCUT2D eigenvalue weighted by molar-refractivity contribution is 7.99. The van der Waals surface area contributed by atoms with Crippen LogP contribution in [0, 0.1) is 17.3 Å². The molecule has 0 amide bonds. The summed E-state index contributed by atoms with van der Waals surface area (Å²) < 4.78 is 10.0. The van der Waals surface area contributed by atoms with Crippen molar-refractivity contribution in [2.24, 2.45) is 17.3 Å². The van der Waals surface area contributed by atoms with Gasteiger partial charge in [-0.15, -0.1) is 11.8 Å². The summed E-state index contributed by atoms with van der Waals surface area (Å²) in [7, 11) is 2.68. The van der Waals surface area contributed by atoms with Crippen LogP contribution >= 0.6 is 11.8 Å². The van der Waals surface area contributed by atoms with E-state index in [1.807, 2.05) is 36.4 Å². The van der Waals surface area contributed by atoms with Crippen LogP contribution in [0.3, 0.4) is 0 Å². The van der Waals surface area contributed by atoms with E-state index in [1.54, 1.807) is 11.8 Å². The summed E-state index contributed by atoms with van der Waals surface area (Å²) in [6, 6.07) is 20.4. The molecule has 2 unspecified atom stereocenters. The lowest BCUT2D eigenvalue weighted by Crippen LogP contribution is -2.39. The lowest BCUT2D eigenvalue weighted by Gasteiger charge is -2.23. The summed E-state index contributed by atoms with van der Waals surface area (Å²) in [6.45, 7) is 0. The van der Waals surface area contributed by atoms with Gasteiger partial charge < -0.3 is 9.47 Å². The average Bonchev–Trinajstić information content (AvgIpc) is 3.12. The Morgan fingerprint density at radius 3 is 2.00 bits per heavy atom. The lowest BCUT2D eigenvalue weighted by atomic mass is 9.84. The fraction of sp³-hybridized carbons (Fsp3) is 0.391. The zero-order chi connectivity index (χ0) is 20.0. The third kappa shape index (κ3) is 4.41. The highest BCUT2D eigenvalue weighted by Gasteiger charge is 2.56. The van der Waals surface area contributed by atoms with E-state index in [0.29, 0.717) is 12.8 Å². The summed E-state index contributed by atoms with van der Waals surface area (Å²) in [6.07, 6.45) is 1.75. The quantitative estimate of drug-likeness (QED) is 0.394. The first kappa shape index (κ1) is 20.5. The van der Waals surface area contributed by atoms with E-state index in [4.69, 9.17) is 9.47 Å². The molecular formula is C23H26O4S. The van der Waals surface area contributed by atoms with Gasteiger partial charge in [-0.2, -0.15) is 0 Å². The Kier molecular flexibility index (Phi) is 6.79. The molecule has 1 aliphatic rings. The molecule has 1 aliphatic carbocycles. The minimum Gasteiger partial charge on any atom is -0.468 e. The fourth-order valence-corrected chi connectivity index (χ4v) is 5.34. The van der Waals surface area contributed by atoms with Gasteiger partial charge in [0.25, 0.3) is 0 Å². The van der Waals surface area contributed by atoms with Gasteiger partial charge in [-0.3, -0.25) is 9.59 Å². The number of carbonyl (C=O) groups is 2. The molecule has 1 saturated carbocycles. The van der Waals surface area contributed by atoms with E-state index >= 15 is 0 Å². The smallest absolute Gasteiger partial charge is 0.323 e. The molecule has 2 atom stereocenters. The van der Waals surface area contributed by atoms with Crippen molar-refractivity contribution in [3.8, 4) is 0 Å². The van der Waals surface area contributed by atoms with E-state index in [9.17, 15) is 9.59 Å². The van der Waals surface area contributed by atoms with Crippen LogP contribution < -0.4 is 0 Å². The molecule has 148 valence electrons. The second-order valence-electron chi connectivity index (χ2n) is 7.31. The molecule has 2 aromatic rings. The van der Waals surface area contributed by atoms with Crippen LogP contribution in [0.5, 0.6) is 0 Å². The van der Waals surface area contributed by atoms with Gasteiger partial charge in [0, 0.05) is 10.6 Å². The largest absolute Gasteiger partial charge is 0.468 e. The third-order valence-corrected chi connectivity index (χ3v) is 6.79. The fourth-order valence-electron chi connectivity index (χ4n) is 4.19. The molecule has 5 heteroatoms. The number of hydrogen-bond donors (Lipinski definition) is 0. The Morgan fingerprint density at radius 2 is 1.43 bits per heavy atom. The van der Waals surface area contributed by atoms with Crippen LogP contribution in [0.4, 0.5) is 0 Å². The van der Waals surface area contributed by atoms with Crippen molar-refractivity contribution in [1.29, 1.82) is 0 Å². The summed E-state index contributed by atoms with van der Waals surface area (Å²) >= 11 is 1.77. The van der Waals surface area contributed by atoms with Crippen molar-refractivity contribution in [1.82, 2.24) is 0 Å². The van der Waals surface area contributed by atoms with E-state index in [0.717, 1.165) is 12.2 Å². The molecule has 0 saturated heterocycles. The number of hydrogen-bond acceptors (Lipinski definition) is 5. The molecule has 0 radical (unpaired) electrons. The van der Waals surface area contributed by atoms with Crippen molar-refractivity contribution in [2.45, 2.75) is 24.2 Å². The average molecular weight is 399 g/mol. The van der Waals surface area contributed by atoms with E-state index in [-0.39, 0.29) is 11.8 Å². The van der Waals surface area contributed by atoms with Gasteiger partial charge in [-0.1, -0.05) is 48.5 Å². The maximum Gasteiger partial charge on any atom is 0.323 e. The van der Waals surface area contributed by atoms with Crippen LogP contribution in [0.15, 0.2) is 65.6 Å². The van der Waals surface area contributed by atoms with Crippen molar-refractivity contribution >= 4 is 23.7 Å². The van der Waals surface area contributed by atoms with Crippen LogP contribution in [0.1, 0.15) is 18.4 Å². The molecule has 0 aliphatic heterocycles. The maximum atomic E-state index is 12.6. The van der Waals surface area contributed by atoms with Gasteiger partial charge in [0.2, 0.25) is 0 Å². The first-order chi connectivity index (χ1) is 13.6. The van der Waals surface area contributed by atoms with Gasteiger partial charge in [-0.25, -0.2) is 0 Å². The highest BCUT2D eigenvalue weighted by atomic mass is 32.2. The zero-order valence-corrected chi connectivity index (χ0v) is 17.1. The van der Waals surface area contributed by atoms with Crippen LogP contribution in [-0.2, 0) is 25.5 Å². The van der Waals surface area contributed by atoms with Crippen molar-refractivity contribution < 1.29 is 19.1 Å². The monoisotopic (exact) mass is 398 g/mol. The minimum atomic E-state index is -1.20. The van der Waals surface area contributed by atoms with Gasteiger partial charge >= 0.3 is 11.9 Å². The predicted octanol–water partition coefficient (Wildman–Crippen LogP) is 4.38. The predicted molar refractivity (Wildman–Crippen MR) is 110 cm³/mol. The Morgan fingerprint density at radius 1 is 0.893 bits per heavy atom. The molecule has 1 fully saturated rings. The zero-order valence-electron chi connectivity index (χ0n) is 16.3. The second-order valence-corrected chi connectivity index (χ2v) is 8.40. The Hall–Kier alpha value is -2.27. The molecule has 0 N–H and O–H groups in total. The van der Waals surface area contributed by atoms with Gasteiger partial charge in [-0.05, 0) is 48.8 Å². The molecule has 0 aromatic heterocycles. The Balaban J connectivity index is 1.84. The third-order valence-electron chi connectivity index (χ3n) is 5.59. The first-order valence-corrected chi connectivity index (χ1v) is 10.5. The first-order valence-electron chi connectivity index (χ1n) is 9.47. The number of thioether (sulfide) groups is 1. The molecule has 0 spiro atoms. The second kappa shape index (κ2) is 9.28. The van der Waals surface area contributed by atoms with Crippen molar-refractivity contribution in [3.05, 3.63) is 66.2 Å². The molecule has 0 bridgehead atoms. The van der Waals surface area contributed by atoms with Crippen molar-refractivity contribution in [2.75, 3.05) is 20.0 Å². The molecule has 2 aromatic carbocycles. The van der Waals surface area contributed by atoms with Gasteiger partial charge in [0.1, 0.15) is 0 Å².